The van der Waals surface area contributed by atoms with Gasteiger partial charge in [0, 0.05) is 0 Å². The molecule has 2 amide bonds. The molecule has 2 aliphatic heterocycles. The number of carbonyl (C=O) groups excluding carboxylic acids is 2. The molecule has 2 fully saturated rings. The Morgan fingerprint density at radius 3 is 2.09 bits per heavy atom. The molecule has 2 heterocycles. The monoisotopic (exact) mass is 484 g/mol. The summed E-state index contributed by atoms with van der Waals surface area (Å²) in [4.78, 5) is 26.9. The summed E-state index contributed by atoms with van der Waals surface area (Å²) >= 11 is 0. The quantitative estimate of drug-likeness (QED) is 0.559. The number of nitrogens with zero attached hydrogens (tertiary/aromatic N) is 4. The molecule has 1 saturated heterocycles. The van der Waals surface area contributed by atoms with Gasteiger partial charge in [0.15, 0.2) is 0 Å². The molecule has 5 rings (SSSR count). The number of carbonyl (C=O) groups is 2. The highest BCUT2D eigenvalue weighted by Crippen LogP contribution is 2.59. The first kappa shape index (κ1) is 22.4. The van der Waals surface area contributed by atoms with Gasteiger partial charge in [-0.25, -0.2) is 14.3 Å². The van der Waals surface area contributed by atoms with Crippen LogP contribution in [-0.2, 0) is 14.1 Å². The van der Waals surface area contributed by atoms with Crippen molar-refractivity contribution in [3.63, 3.8) is 0 Å². The van der Waals surface area contributed by atoms with Crippen LogP contribution in [-0.4, -0.2) is 45.4 Å². The largest absolute Gasteiger partial charge is 0.561 e. The van der Waals surface area contributed by atoms with E-state index in [-0.39, 0.29) is 5.91 Å². The zero-order valence-corrected chi connectivity index (χ0v) is 19.9. The smallest absolute Gasteiger partial charge is 0.443 e. The van der Waals surface area contributed by atoms with Crippen LogP contribution in [0, 0.1) is 5.92 Å². The third kappa shape index (κ3) is 3.92. The topological polar surface area (TPSA) is 110 Å². The van der Waals surface area contributed by atoms with Gasteiger partial charge in [-0.15, -0.1) is 0 Å². The fraction of sp³-hybridized carbons (Fsp3) is 0.391. The third-order valence-corrected chi connectivity index (χ3v) is 7.58. The van der Waals surface area contributed by atoms with Gasteiger partial charge < -0.3 is 13.8 Å². The van der Waals surface area contributed by atoms with E-state index in [1.165, 1.54) is 4.78 Å². The number of likely N-dealkylation sites (tertiary alicyclic amines) is 1. The Balaban J connectivity index is 1.48. The fourth-order valence-corrected chi connectivity index (χ4v) is 6.29. The molecule has 0 radical (unpaired) electrons. The van der Waals surface area contributed by atoms with Crippen LogP contribution in [0.4, 0.5) is 4.79 Å². The number of hydrogen-bond donors (Lipinski definition) is 0. The Hall–Kier alpha value is -3.39. The van der Waals surface area contributed by atoms with Crippen molar-refractivity contribution < 1.29 is 27.9 Å². The molecule has 178 valence electrons. The van der Waals surface area contributed by atoms with Crippen LogP contribution in [0.5, 0.6) is 11.5 Å². The standard InChI is InChI=1S/C23H25N4O6P/c1-23(2,3)31-22(29)26-18-14-17(21(26)28)19-20(18)27(25-24-19)34(30,32-15-10-6-4-7-11-15)33-16-12-8-5-9-13-16/h4-13,17-20H,14H2,1-3H3. The number of piperidine rings is 1. The van der Waals surface area contributed by atoms with Crippen LogP contribution in [0.15, 0.2) is 71.0 Å². The van der Waals surface area contributed by atoms with E-state index in [9.17, 15) is 14.2 Å². The van der Waals surface area contributed by atoms with Crippen LogP contribution in [0.1, 0.15) is 27.2 Å². The second-order valence-corrected chi connectivity index (χ2v) is 11.1. The average Bonchev–Trinajstić information content (AvgIpc) is 3.44. The molecule has 34 heavy (non-hydrogen) atoms. The highest BCUT2D eigenvalue weighted by molar-refractivity contribution is 7.52. The first-order valence-electron chi connectivity index (χ1n) is 11.0. The van der Waals surface area contributed by atoms with Gasteiger partial charge >= 0.3 is 13.8 Å². The van der Waals surface area contributed by atoms with Crippen LogP contribution < -0.4 is 9.05 Å². The van der Waals surface area contributed by atoms with Gasteiger partial charge in [0.2, 0.25) is 5.91 Å². The summed E-state index contributed by atoms with van der Waals surface area (Å²) in [5.41, 5.74) is -0.773. The second kappa shape index (κ2) is 8.13. The molecule has 3 aliphatic rings. The molecule has 4 unspecified atom stereocenters. The maximum atomic E-state index is 14.3. The lowest BCUT2D eigenvalue weighted by Crippen LogP contribution is -2.56. The van der Waals surface area contributed by atoms with E-state index in [1.54, 1.807) is 69.3 Å². The Bertz CT molecular complexity index is 1120. The molecule has 10 nitrogen and oxygen atoms in total. The van der Waals surface area contributed by atoms with Crippen molar-refractivity contribution in [3.8, 4) is 11.5 Å². The molecule has 2 bridgehead atoms. The molecule has 11 heteroatoms. The maximum Gasteiger partial charge on any atom is 0.561 e. The number of para-hydroxylation sites is 2. The fourth-order valence-electron chi connectivity index (χ4n) is 4.54. The molecule has 2 aromatic rings. The van der Waals surface area contributed by atoms with Crippen molar-refractivity contribution >= 4 is 19.7 Å². The van der Waals surface area contributed by atoms with Crippen LogP contribution in [0.3, 0.4) is 0 Å². The summed E-state index contributed by atoms with van der Waals surface area (Å²) in [6.45, 7) is 5.19. The van der Waals surface area contributed by atoms with Gasteiger partial charge in [0.05, 0.1) is 12.0 Å². The Morgan fingerprint density at radius 2 is 1.56 bits per heavy atom. The summed E-state index contributed by atoms with van der Waals surface area (Å²) in [7, 11) is -4.15. The molecule has 2 aromatic carbocycles. The molecule has 0 aromatic heterocycles. The lowest BCUT2D eigenvalue weighted by molar-refractivity contribution is -0.134. The lowest BCUT2D eigenvalue weighted by Gasteiger charge is -2.37. The molecular formula is C23H25N4O6P. The first-order chi connectivity index (χ1) is 16.2. The van der Waals surface area contributed by atoms with E-state index in [0.29, 0.717) is 17.9 Å². The van der Waals surface area contributed by atoms with Gasteiger partial charge in [-0.05, 0) is 51.5 Å². The minimum Gasteiger partial charge on any atom is -0.443 e. The third-order valence-electron chi connectivity index (χ3n) is 5.85. The minimum atomic E-state index is -4.15. The van der Waals surface area contributed by atoms with E-state index < -0.39 is 43.5 Å². The van der Waals surface area contributed by atoms with Gasteiger partial charge in [-0.1, -0.05) is 41.6 Å². The number of fused-ring (bicyclic) bond motifs is 5. The predicted octanol–water partition coefficient (Wildman–Crippen LogP) is 4.84. The van der Waals surface area contributed by atoms with E-state index in [4.69, 9.17) is 13.8 Å². The van der Waals surface area contributed by atoms with E-state index >= 15 is 0 Å². The summed E-state index contributed by atoms with van der Waals surface area (Å²) in [5, 5.41) is 8.39. The average molecular weight is 484 g/mol. The van der Waals surface area contributed by atoms with Crippen molar-refractivity contribution in [1.29, 1.82) is 0 Å². The zero-order valence-electron chi connectivity index (χ0n) is 19.0. The van der Waals surface area contributed by atoms with Gasteiger partial charge in [0.25, 0.3) is 0 Å². The molecule has 0 N–H and O–H groups in total. The number of hydrogen-bond acceptors (Lipinski definition) is 8. The van der Waals surface area contributed by atoms with Gasteiger partial charge in [-0.3, -0.25) is 4.79 Å². The van der Waals surface area contributed by atoms with Gasteiger partial charge in [-0.2, -0.15) is 9.89 Å². The van der Waals surface area contributed by atoms with Gasteiger partial charge in [0.1, 0.15) is 29.2 Å². The lowest BCUT2D eigenvalue weighted by atomic mass is 10.00. The van der Waals surface area contributed by atoms with E-state index in [1.807, 2.05) is 12.1 Å². The van der Waals surface area contributed by atoms with Crippen LogP contribution in [0.25, 0.3) is 0 Å². The van der Waals surface area contributed by atoms with Crippen molar-refractivity contribution in [3.05, 3.63) is 60.7 Å². The first-order valence-corrected chi connectivity index (χ1v) is 12.5. The number of amides is 2. The predicted molar refractivity (Wildman–Crippen MR) is 121 cm³/mol. The van der Waals surface area contributed by atoms with E-state index in [0.717, 1.165) is 4.90 Å². The molecular weight excluding hydrogens is 459 g/mol. The molecule has 0 spiro atoms. The van der Waals surface area contributed by atoms with Crippen LogP contribution in [0.2, 0.25) is 0 Å². The maximum absolute atomic E-state index is 14.3. The highest BCUT2D eigenvalue weighted by atomic mass is 31.2. The Labute approximate surface area is 197 Å². The Kier molecular flexibility index (Phi) is 5.36. The summed E-state index contributed by atoms with van der Waals surface area (Å²) in [6, 6.07) is 15.4. The highest BCUT2D eigenvalue weighted by Gasteiger charge is 2.67. The molecule has 1 aliphatic carbocycles. The van der Waals surface area contributed by atoms with Crippen molar-refractivity contribution in [2.24, 2.45) is 16.3 Å². The summed E-state index contributed by atoms with van der Waals surface area (Å²) in [5.74, 6) is -0.269. The second-order valence-electron chi connectivity index (χ2n) is 9.38. The van der Waals surface area contributed by atoms with Crippen molar-refractivity contribution in [2.45, 2.75) is 50.9 Å². The van der Waals surface area contributed by atoms with Crippen molar-refractivity contribution in [1.82, 2.24) is 9.68 Å². The molecule has 1 saturated carbocycles. The number of rotatable bonds is 5. The number of imide groups is 1. The Morgan fingerprint density at radius 1 is 1.00 bits per heavy atom. The summed E-state index contributed by atoms with van der Waals surface area (Å²) < 4.78 is 32.7. The minimum absolute atomic E-state index is 0.323. The summed E-state index contributed by atoms with van der Waals surface area (Å²) in [6.07, 6.45) is -0.363. The number of benzene rings is 2. The SMILES string of the molecule is CC(C)(C)OC(=O)N1C(=O)C2CC1C1C2N=NN1P(=O)(Oc1ccccc1)Oc1ccccc1. The normalized spacial score (nSPS) is 25.4. The van der Waals surface area contributed by atoms with E-state index in [2.05, 4.69) is 10.3 Å². The zero-order chi connectivity index (χ0) is 24.1. The number of ether oxygens (including phenoxy) is 1. The molecule has 4 atom stereocenters. The van der Waals surface area contributed by atoms with Crippen molar-refractivity contribution in [2.75, 3.05) is 0 Å². The van der Waals surface area contributed by atoms with Crippen LogP contribution >= 0.6 is 7.75 Å².